The van der Waals surface area contributed by atoms with E-state index in [0.29, 0.717) is 18.0 Å². The zero-order chi connectivity index (χ0) is 13.0. The zero-order valence-corrected chi connectivity index (χ0v) is 10.5. The van der Waals surface area contributed by atoms with Crippen molar-refractivity contribution in [3.8, 4) is 5.75 Å². The van der Waals surface area contributed by atoms with Crippen molar-refractivity contribution < 1.29 is 14.6 Å². The number of hydrogen-bond acceptors (Lipinski definition) is 4. The van der Waals surface area contributed by atoms with Crippen LogP contribution < -0.4 is 0 Å². The first-order valence-corrected chi connectivity index (χ1v) is 6.14. The third kappa shape index (κ3) is 3.20. The molecule has 5 heteroatoms. The molecule has 0 saturated carbocycles. The van der Waals surface area contributed by atoms with Crippen LogP contribution in [-0.4, -0.2) is 47.7 Å². The van der Waals surface area contributed by atoms with Crippen LogP contribution in [0.1, 0.15) is 23.2 Å². The van der Waals surface area contributed by atoms with Crippen LogP contribution in [0.15, 0.2) is 18.5 Å². The van der Waals surface area contributed by atoms with Crippen molar-refractivity contribution in [2.24, 2.45) is 5.92 Å². The molecule has 0 spiro atoms. The summed E-state index contributed by atoms with van der Waals surface area (Å²) >= 11 is 0. The number of hydrogen-bond donors (Lipinski definition) is 1. The van der Waals surface area contributed by atoms with Gasteiger partial charge in [-0.1, -0.05) is 0 Å². The molecule has 1 aliphatic heterocycles. The summed E-state index contributed by atoms with van der Waals surface area (Å²) in [5, 5.41) is 9.31. The van der Waals surface area contributed by atoms with Gasteiger partial charge in [0.25, 0.3) is 5.91 Å². The summed E-state index contributed by atoms with van der Waals surface area (Å²) in [7, 11) is 1.76. The quantitative estimate of drug-likeness (QED) is 0.878. The van der Waals surface area contributed by atoms with Gasteiger partial charge in [0, 0.05) is 26.4 Å². The second-order valence-corrected chi connectivity index (χ2v) is 4.70. The highest BCUT2D eigenvalue weighted by molar-refractivity contribution is 5.94. The lowest BCUT2D eigenvalue weighted by molar-refractivity contribution is 0.0388. The normalized spacial score (nSPS) is 19.5. The molecule has 18 heavy (non-hydrogen) atoms. The van der Waals surface area contributed by atoms with Crippen LogP contribution in [0.2, 0.25) is 0 Å². The topological polar surface area (TPSA) is 62.7 Å². The van der Waals surface area contributed by atoms with E-state index in [0.717, 1.165) is 26.1 Å². The predicted molar refractivity (Wildman–Crippen MR) is 66.4 cm³/mol. The van der Waals surface area contributed by atoms with Crippen LogP contribution in [0.5, 0.6) is 5.75 Å². The minimum Gasteiger partial charge on any atom is -0.506 e. The first-order valence-electron chi connectivity index (χ1n) is 6.14. The van der Waals surface area contributed by atoms with Gasteiger partial charge < -0.3 is 14.7 Å². The Morgan fingerprint density at radius 3 is 3.11 bits per heavy atom. The number of aromatic hydroxyl groups is 1. The van der Waals surface area contributed by atoms with Crippen molar-refractivity contribution in [1.82, 2.24) is 9.88 Å². The molecule has 0 aliphatic carbocycles. The lowest BCUT2D eigenvalue weighted by Crippen LogP contribution is -2.35. The molecular formula is C13H18N2O3. The molecule has 1 unspecified atom stereocenters. The van der Waals surface area contributed by atoms with E-state index in [1.54, 1.807) is 11.9 Å². The van der Waals surface area contributed by atoms with Crippen molar-refractivity contribution in [1.29, 1.82) is 0 Å². The molecule has 1 aliphatic rings. The number of amides is 1. The van der Waals surface area contributed by atoms with E-state index in [4.69, 9.17) is 4.74 Å². The average molecular weight is 250 g/mol. The summed E-state index contributed by atoms with van der Waals surface area (Å²) < 4.78 is 5.40. The van der Waals surface area contributed by atoms with E-state index in [2.05, 4.69) is 4.98 Å². The van der Waals surface area contributed by atoms with E-state index >= 15 is 0 Å². The van der Waals surface area contributed by atoms with Crippen molar-refractivity contribution in [2.45, 2.75) is 12.8 Å². The Bertz CT molecular complexity index is 416. The molecule has 5 nitrogen and oxygen atoms in total. The summed E-state index contributed by atoms with van der Waals surface area (Å²) in [6.07, 6.45) is 4.93. The van der Waals surface area contributed by atoms with Gasteiger partial charge in [-0.25, -0.2) is 0 Å². The van der Waals surface area contributed by atoms with Gasteiger partial charge in [-0.05, 0) is 24.8 Å². The fourth-order valence-corrected chi connectivity index (χ4v) is 2.19. The number of carbonyl (C=O) groups excluding carboxylic acids is 1. The fourth-order valence-electron chi connectivity index (χ4n) is 2.19. The average Bonchev–Trinajstić information content (AvgIpc) is 2.39. The first-order chi connectivity index (χ1) is 8.66. The van der Waals surface area contributed by atoms with E-state index < -0.39 is 0 Å². The Morgan fingerprint density at radius 2 is 2.44 bits per heavy atom. The van der Waals surface area contributed by atoms with E-state index in [1.807, 2.05) is 0 Å². The molecule has 0 radical (unpaired) electrons. The number of carbonyl (C=O) groups is 1. The minimum atomic E-state index is -0.121. The number of rotatable bonds is 3. The molecule has 1 aromatic rings. The molecular weight excluding hydrogens is 232 g/mol. The molecule has 1 amide bonds. The Kier molecular flexibility index (Phi) is 4.15. The van der Waals surface area contributed by atoms with Gasteiger partial charge in [0.1, 0.15) is 5.75 Å². The van der Waals surface area contributed by atoms with Gasteiger partial charge in [-0.2, -0.15) is 0 Å². The molecule has 2 rings (SSSR count). The van der Waals surface area contributed by atoms with Crippen LogP contribution >= 0.6 is 0 Å². The Labute approximate surface area is 106 Å². The van der Waals surface area contributed by atoms with Crippen molar-refractivity contribution >= 4 is 5.91 Å². The van der Waals surface area contributed by atoms with E-state index in [1.165, 1.54) is 18.5 Å². The van der Waals surface area contributed by atoms with Crippen molar-refractivity contribution in [2.75, 3.05) is 26.8 Å². The molecule has 1 atom stereocenters. The largest absolute Gasteiger partial charge is 0.506 e. The van der Waals surface area contributed by atoms with Gasteiger partial charge in [-0.3, -0.25) is 9.78 Å². The van der Waals surface area contributed by atoms with Crippen LogP contribution in [0, 0.1) is 5.92 Å². The van der Waals surface area contributed by atoms with Gasteiger partial charge >= 0.3 is 0 Å². The Balaban J connectivity index is 1.95. The Hall–Kier alpha value is -1.62. The number of ether oxygens (including phenoxy) is 1. The molecule has 1 saturated heterocycles. The molecule has 1 N–H and O–H groups in total. The third-order valence-corrected chi connectivity index (χ3v) is 3.10. The van der Waals surface area contributed by atoms with Gasteiger partial charge in [0.15, 0.2) is 0 Å². The van der Waals surface area contributed by atoms with Gasteiger partial charge in [0.05, 0.1) is 18.4 Å². The highest BCUT2D eigenvalue weighted by Crippen LogP contribution is 2.16. The highest BCUT2D eigenvalue weighted by Gasteiger charge is 2.19. The molecule has 0 aromatic carbocycles. The van der Waals surface area contributed by atoms with Crippen LogP contribution in [0.4, 0.5) is 0 Å². The van der Waals surface area contributed by atoms with Crippen molar-refractivity contribution in [3.05, 3.63) is 24.0 Å². The molecule has 2 heterocycles. The van der Waals surface area contributed by atoms with Crippen LogP contribution in [-0.2, 0) is 4.74 Å². The smallest absolute Gasteiger partial charge is 0.255 e. The summed E-state index contributed by atoms with van der Waals surface area (Å²) in [5.41, 5.74) is 0.411. The van der Waals surface area contributed by atoms with Gasteiger partial charge in [-0.15, -0.1) is 0 Å². The molecule has 1 aromatic heterocycles. The second-order valence-electron chi connectivity index (χ2n) is 4.70. The van der Waals surface area contributed by atoms with Crippen LogP contribution in [0.25, 0.3) is 0 Å². The Morgan fingerprint density at radius 1 is 1.61 bits per heavy atom. The maximum absolute atomic E-state index is 12.1. The standard InChI is InChI=1S/C13H18N2O3/c1-15(8-10-3-2-4-18-9-10)13(17)11-5-12(16)7-14-6-11/h5-7,10,16H,2-4,8-9H2,1H3. The minimum absolute atomic E-state index is 0.00949. The van der Waals surface area contributed by atoms with Gasteiger partial charge in [0.2, 0.25) is 0 Å². The fraction of sp³-hybridized carbons (Fsp3) is 0.538. The number of aromatic nitrogens is 1. The maximum atomic E-state index is 12.1. The highest BCUT2D eigenvalue weighted by atomic mass is 16.5. The molecule has 0 bridgehead atoms. The number of nitrogens with zero attached hydrogens (tertiary/aromatic N) is 2. The van der Waals surface area contributed by atoms with Crippen molar-refractivity contribution in [3.63, 3.8) is 0 Å². The summed E-state index contributed by atoms with van der Waals surface area (Å²) in [5.74, 6) is 0.289. The monoisotopic (exact) mass is 250 g/mol. The number of pyridine rings is 1. The first kappa shape index (κ1) is 12.8. The lowest BCUT2D eigenvalue weighted by atomic mass is 10.0. The second kappa shape index (κ2) is 5.82. The predicted octanol–water partition coefficient (Wildman–Crippen LogP) is 1.29. The zero-order valence-electron chi connectivity index (χ0n) is 10.5. The maximum Gasteiger partial charge on any atom is 0.255 e. The summed E-state index contributed by atoms with van der Waals surface area (Å²) in [4.78, 5) is 17.6. The molecule has 1 fully saturated rings. The van der Waals surface area contributed by atoms with E-state index in [9.17, 15) is 9.90 Å². The summed E-state index contributed by atoms with van der Waals surface area (Å²) in [6, 6.07) is 1.43. The third-order valence-electron chi connectivity index (χ3n) is 3.10. The van der Waals surface area contributed by atoms with Crippen LogP contribution in [0.3, 0.4) is 0 Å². The summed E-state index contributed by atoms with van der Waals surface area (Å²) in [6.45, 7) is 2.22. The van der Waals surface area contributed by atoms with E-state index in [-0.39, 0.29) is 11.7 Å². The lowest BCUT2D eigenvalue weighted by Gasteiger charge is -2.27. The SMILES string of the molecule is CN(CC1CCCOC1)C(=O)c1cncc(O)c1. The molecule has 98 valence electrons.